The molecule has 112 valence electrons. The van der Waals surface area contributed by atoms with Crippen LogP contribution >= 0.6 is 0 Å². The normalized spacial score (nSPS) is 17.3. The topological polar surface area (TPSA) is 60.9 Å². The summed E-state index contributed by atoms with van der Waals surface area (Å²) in [5, 5.41) is 9.23. The van der Waals surface area contributed by atoms with Crippen molar-refractivity contribution < 1.29 is 14.7 Å². The molecule has 1 aromatic carbocycles. The summed E-state index contributed by atoms with van der Waals surface area (Å²) in [4.78, 5) is 27.6. The minimum atomic E-state index is -0.889. The molecule has 0 bridgehead atoms. The van der Waals surface area contributed by atoms with Crippen LogP contribution in [0.3, 0.4) is 0 Å². The molecule has 1 aliphatic heterocycles. The van der Waals surface area contributed by atoms with Crippen molar-refractivity contribution >= 4 is 12.0 Å². The molecule has 0 aromatic heterocycles. The fraction of sp³-hybridized carbons (Fsp3) is 0.500. The number of rotatable bonds is 3. The Hall–Kier alpha value is -2.04. The van der Waals surface area contributed by atoms with Crippen LogP contribution in [0.1, 0.15) is 41.3 Å². The van der Waals surface area contributed by atoms with E-state index in [0.29, 0.717) is 31.1 Å². The molecule has 3 rings (SSSR count). The number of carboxylic acids is 1. The lowest BCUT2D eigenvalue weighted by Gasteiger charge is -2.34. The van der Waals surface area contributed by atoms with Crippen molar-refractivity contribution in [3.8, 4) is 0 Å². The Kier molecular flexibility index (Phi) is 3.57. The third-order valence-corrected chi connectivity index (χ3v) is 4.34. The molecule has 1 heterocycles. The maximum atomic E-state index is 12.6. The van der Waals surface area contributed by atoms with Gasteiger partial charge < -0.3 is 14.9 Å². The highest BCUT2D eigenvalue weighted by Crippen LogP contribution is 2.29. The number of benzene rings is 1. The molecule has 5 nitrogen and oxygen atoms in total. The maximum Gasteiger partial charge on any atom is 0.335 e. The van der Waals surface area contributed by atoms with Gasteiger partial charge >= 0.3 is 12.0 Å². The van der Waals surface area contributed by atoms with E-state index in [1.54, 1.807) is 12.1 Å². The van der Waals surface area contributed by atoms with E-state index in [9.17, 15) is 14.7 Å². The minimum absolute atomic E-state index is 0.0892. The van der Waals surface area contributed by atoms with E-state index in [2.05, 4.69) is 0 Å². The minimum Gasteiger partial charge on any atom is -0.478 e. The summed E-state index contributed by atoms with van der Waals surface area (Å²) in [6.07, 6.45) is 2.83. The Balaban J connectivity index is 1.80. The highest BCUT2D eigenvalue weighted by molar-refractivity contribution is 5.90. The van der Waals surface area contributed by atoms with Crippen molar-refractivity contribution in [2.75, 3.05) is 13.1 Å². The molecule has 1 N–H and O–H groups in total. The summed E-state index contributed by atoms with van der Waals surface area (Å²) >= 11 is 0. The molecule has 0 atom stereocenters. The number of carbonyl (C=O) groups is 2. The smallest absolute Gasteiger partial charge is 0.335 e. The SMILES string of the molecule is CCN(C(=O)N1CCc2c(cccc2C(=O)O)C1)C1CC1. The number of carboxylic acid groups (broad SMARTS) is 1. The van der Waals surface area contributed by atoms with Gasteiger partial charge in [-0.15, -0.1) is 0 Å². The predicted molar refractivity (Wildman–Crippen MR) is 78.3 cm³/mol. The van der Waals surface area contributed by atoms with Crippen LogP contribution in [0.2, 0.25) is 0 Å². The second-order valence-electron chi connectivity index (χ2n) is 5.72. The summed E-state index contributed by atoms with van der Waals surface area (Å²) in [6.45, 7) is 3.86. The lowest BCUT2D eigenvalue weighted by atomic mass is 9.94. The molecule has 1 fully saturated rings. The number of carbonyl (C=O) groups excluding carboxylic acids is 1. The second-order valence-corrected chi connectivity index (χ2v) is 5.72. The number of urea groups is 1. The van der Waals surface area contributed by atoms with Crippen molar-refractivity contribution in [2.24, 2.45) is 0 Å². The molecule has 1 aromatic rings. The Morgan fingerprint density at radius 3 is 2.76 bits per heavy atom. The van der Waals surface area contributed by atoms with E-state index in [0.717, 1.165) is 30.5 Å². The van der Waals surface area contributed by atoms with E-state index < -0.39 is 5.97 Å². The van der Waals surface area contributed by atoms with E-state index >= 15 is 0 Å². The van der Waals surface area contributed by atoms with Crippen LogP contribution in [0.5, 0.6) is 0 Å². The van der Waals surface area contributed by atoms with Crippen LogP contribution in [0.4, 0.5) is 4.79 Å². The molecule has 2 amide bonds. The predicted octanol–water partition coefficient (Wildman–Crippen LogP) is 2.35. The average Bonchev–Trinajstić information content (AvgIpc) is 3.31. The van der Waals surface area contributed by atoms with Gasteiger partial charge in [-0.05, 0) is 43.4 Å². The first-order valence-corrected chi connectivity index (χ1v) is 7.51. The standard InChI is InChI=1S/C16H20N2O3/c1-2-18(12-6-7-12)16(21)17-9-8-13-11(10-17)4-3-5-14(13)15(19)20/h3-5,12H,2,6-10H2,1H3,(H,19,20). The van der Waals surface area contributed by atoms with E-state index in [1.165, 1.54) is 0 Å². The number of hydrogen-bond acceptors (Lipinski definition) is 2. The van der Waals surface area contributed by atoms with Gasteiger partial charge in [-0.1, -0.05) is 12.1 Å². The zero-order chi connectivity index (χ0) is 15.0. The molecule has 0 radical (unpaired) electrons. The van der Waals surface area contributed by atoms with E-state index in [4.69, 9.17) is 0 Å². The van der Waals surface area contributed by atoms with Crippen LogP contribution in [0, 0.1) is 0 Å². The van der Waals surface area contributed by atoms with Crippen LogP contribution in [0.25, 0.3) is 0 Å². The number of aromatic carboxylic acids is 1. The fourth-order valence-corrected chi connectivity index (χ4v) is 3.09. The van der Waals surface area contributed by atoms with E-state index in [1.807, 2.05) is 22.8 Å². The second kappa shape index (κ2) is 5.39. The van der Waals surface area contributed by atoms with Crippen molar-refractivity contribution in [1.82, 2.24) is 9.80 Å². The largest absolute Gasteiger partial charge is 0.478 e. The molecule has 0 unspecified atom stereocenters. The third kappa shape index (κ3) is 2.60. The van der Waals surface area contributed by atoms with Gasteiger partial charge in [-0.25, -0.2) is 9.59 Å². The number of amides is 2. The van der Waals surface area contributed by atoms with Gasteiger partial charge in [0.1, 0.15) is 0 Å². The first-order valence-electron chi connectivity index (χ1n) is 7.51. The molecule has 1 saturated carbocycles. The van der Waals surface area contributed by atoms with Gasteiger partial charge in [0.2, 0.25) is 0 Å². The van der Waals surface area contributed by atoms with Gasteiger partial charge in [0.05, 0.1) is 5.56 Å². The third-order valence-electron chi connectivity index (χ3n) is 4.34. The quantitative estimate of drug-likeness (QED) is 0.928. The first kappa shape index (κ1) is 13.9. The maximum absolute atomic E-state index is 12.6. The van der Waals surface area contributed by atoms with Crippen LogP contribution < -0.4 is 0 Å². The Bertz CT molecular complexity index is 581. The molecule has 1 aliphatic carbocycles. The zero-order valence-corrected chi connectivity index (χ0v) is 12.2. The highest BCUT2D eigenvalue weighted by atomic mass is 16.4. The molecule has 0 saturated heterocycles. The summed E-state index contributed by atoms with van der Waals surface area (Å²) in [7, 11) is 0. The lowest BCUT2D eigenvalue weighted by molar-refractivity contribution is 0.0695. The zero-order valence-electron chi connectivity index (χ0n) is 12.2. The van der Waals surface area contributed by atoms with Crippen LogP contribution in [-0.2, 0) is 13.0 Å². The fourth-order valence-electron chi connectivity index (χ4n) is 3.09. The molecule has 2 aliphatic rings. The molecular weight excluding hydrogens is 268 g/mol. The van der Waals surface area contributed by atoms with Gasteiger partial charge in [0, 0.05) is 25.7 Å². The Morgan fingerprint density at radius 1 is 1.38 bits per heavy atom. The summed E-state index contributed by atoms with van der Waals surface area (Å²) in [6, 6.07) is 5.82. The van der Waals surface area contributed by atoms with Crippen LogP contribution in [-0.4, -0.2) is 46.0 Å². The van der Waals surface area contributed by atoms with E-state index in [-0.39, 0.29) is 6.03 Å². The Labute approximate surface area is 124 Å². The molecule has 0 spiro atoms. The summed E-state index contributed by atoms with van der Waals surface area (Å²) in [5.41, 5.74) is 2.21. The van der Waals surface area contributed by atoms with Crippen molar-refractivity contribution in [3.63, 3.8) is 0 Å². The first-order chi connectivity index (χ1) is 10.1. The monoisotopic (exact) mass is 288 g/mol. The molecule has 21 heavy (non-hydrogen) atoms. The number of hydrogen-bond donors (Lipinski definition) is 1. The van der Waals surface area contributed by atoms with Gasteiger partial charge in [0.15, 0.2) is 0 Å². The van der Waals surface area contributed by atoms with Crippen LogP contribution in [0.15, 0.2) is 18.2 Å². The van der Waals surface area contributed by atoms with Crippen molar-refractivity contribution in [2.45, 2.75) is 38.8 Å². The molecule has 5 heteroatoms. The average molecular weight is 288 g/mol. The van der Waals surface area contributed by atoms with Gasteiger partial charge in [-0.2, -0.15) is 0 Å². The van der Waals surface area contributed by atoms with Crippen molar-refractivity contribution in [3.05, 3.63) is 34.9 Å². The number of fused-ring (bicyclic) bond motifs is 1. The number of nitrogens with zero attached hydrogens (tertiary/aromatic N) is 2. The molecular formula is C16H20N2O3. The van der Waals surface area contributed by atoms with Gasteiger partial charge in [-0.3, -0.25) is 0 Å². The summed E-state index contributed by atoms with van der Waals surface area (Å²) in [5.74, 6) is -0.889. The highest BCUT2D eigenvalue weighted by Gasteiger charge is 2.35. The lowest BCUT2D eigenvalue weighted by Crippen LogP contribution is -2.46. The van der Waals surface area contributed by atoms with Crippen molar-refractivity contribution in [1.29, 1.82) is 0 Å². The summed E-state index contributed by atoms with van der Waals surface area (Å²) < 4.78 is 0. The van der Waals surface area contributed by atoms with Gasteiger partial charge in [0.25, 0.3) is 0 Å². The Morgan fingerprint density at radius 2 is 2.14 bits per heavy atom.